The zero-order valence-corrected chi connectivity index (χ0v) is 11.1. The maximum Gasteiger partial charge on any atom is 0.267 e. The minimum Gasteiger partial charge on any atom is -0.309 e. The molecule has 1 atom stereocenters. The zero-order chi connectivity index (χ0) is 12.0. The van der Waals surface area contributed by atoms with E-state index >= 15 is 0 Å². The first-order valence-electron chi connectivity index (χ1n) is 6.16. The molecule has 0 saturated heterocycles. The van der Waals surface area contributed by atoms with Crippen molar-refractivity contribution in [3.63, 3.8) is 0 Å². The van der Waals surface area contributed by atoms with Gasteiger partial charge in [-0.1, -0.05) is 19.3 Å². The van der Waals surface area contributed by atoms with Crippen LogP contribution in [-0.4, -0.2) is 32.9 Å². The lowest BCUT2D eigenvalue weighted by molar-refractivity contribution is 0.249. The van der Waals surface area contributed by atoms with E-state index in [9.17, 15) is 8.42 Å². The third-order valence-electron chi connectivity index (χ3n) is 2.98. The Hall–Kier alpha value is -0.130. The van der Waals surface area contributed by atoms with E-state index in [0.29, 0.717) is 6.04 Å². The smallest absolute Gasteiger partial charge is 0.267 e. The molecule has 16 heavy (non-hydrogen) atoms. The van der Waals surface area contributed by atoms with Crippen LogP contribution in [-0.2, 0) is 14.3 Å². The van der Waals surface area contributed by atoms with E-state index in [4.69, 9.17) is 4.18 Å². The minimum atomic E-state index is -3.30. The molecule has 1 aliphatic rings. The second-order valence-corrected chi connectivity index (χ2v) is 6.46. The van der Waals surface area contributed by atoms with E-state index < -0.39 is 10.1 Å². The molecule has 0 heterocycles. The number of hydrogen-bond acceptors (Lipinski definition) is 4. The normalized spacial score (nSPS) is 20.9. The van der Waals surface area contributed by atoms with Crippen molar-refractivity contribution in [2.45, 2.75) is 58.0 Å². The van der Waals surface area contributed by atoms with Crippen molar-refractivity contribution in [1.29, 1.82) is 0 Å². The van der Waals surface area contributed by atoms with Crippen molar-refractivity contribution in [2.75, 3.05) is 12.4 Å². The molecule has 1 fully saturated rings. The summed E-state index contributed by atoms with van der Waals surface area (Å²) in [5.41, 5.74) is 0. The van der Waals surface area contributed by atoms with E-state index in [0.717, 1.165) is 0 Å². The maximum absolute atomic E-state index is 11.1. The largest absolute Gasteiger partial charge is 0.309 e. The first kappa shape index (κ1) is 13.9. The number of nitrogens with one attached hydrogen (secondary N) is 1. The molecule has 5 heteroatoms. The molecule has 1 N–H and O–H groups in total. The summed E-state index contributed by atoms with van der Waals surface area (Å²) in [6, 6.07) is 0.640. The molecule has 0 aliphatic heterocycles. The van der Waals surface area contributed by atoms with Crippen molar-refractivity contribution in [3.8, 4) is 0 Å². The highest BCUT2D eigenvalue weighted by atomic mass is 32.2. The molecule has 1 saturated carbocycles. The molecule has 0 aromatic rings. The van der Waals surface area contributed by atoms with Crippen molar-refractivity contribution in [1.82, 2.24) is 5.32 Å². The Bertz CT molecular complexity index is 284. The Labute approximate surface area is 98.9 Å². The van der Waals surface area contributed by atoms with Crippen LogP contribution in [0.3, 0.4) is 0 Å². The molecular weight excluding hydrogens is 226 g/mol. The van der Waals surface area contributed by atoms with Crippen LogP contribution < -0.4 is 5.32 Å². The zero-order valence-electron chi connectivity index (χ0n) is 10.2. The average molecular weight is 249 g/mol. The third kappa shape index (κ3) is 5.27. The van der Waals surface area contributed by atoms with Gasteiger partial charge in [0.05, 0.1) is 12.4 Å². The van der Waals surface area contributed by atoms with Gasteiger partial charge in [0.15, 0.2) is 0 Å². The fraction of sp³-hybridized carbons (Fsp3) is 1.00. The average Bonchev–Trinajstić information content (AvgIpc) is 2.28. The van der Waals surface area contributed by atoms with Gasteiger partial charge >= 0.3 is 0 Å². The summed E-state index contributed by atoms with van der Waals surface area (Å²) in [6.45, 7) is 3.81. The van der Waals surface area contributed by atoms with E-state index in [2.05, 4.69) is 5.32 Å². The molecular formula is C11H23NO3S. The first-order chi connectivity index (χ1) is 7.53. The van der Waals surface area contributed by atoms with Gasteiger partial charge < -0.3 is 5.32 Å². The molecule has 1 aliphatic carbocycles. The van der Waals surface area contributed by atoms with Crippen LogP contribution >= 0.6 is 0 Å². The van der Waals surface area contributed by atoms with E-state index in [1.165, 1.54) is 32.1 Å². The second-order valence-electron chi connectivity index (χ2n) is 4.53. The number of hydrogen-bond donors (Lipinski definition) is 1. The lowest BCUT2D eigenvalue weighted by atomic mass is 9.95. The fourth-order valence-electron chi connectivity index (χ4n) is 2.01. The number of rotatable bonds is 6. The van der Waals surface area contributed by atoms with Gasteiger partial charge in [-0.15, -0.1) is 0 Å². The molecule has 0 radical (unpaired) electrons. The highest BCUT2D eigenvalue weighted by Crippen LogP contribution is 2.17. The van der Waals surface area contributed by atoms with E-state index in [1.807, 2.05) is 6.92 Å². The summed E-state index contributed by atoms with van der Waals surface area (Å²) in [7, 11) is -3.30. The molecule has 1 unspecified atom stereocenters. The van der Waals surface area contributed by atoms with Gasteiger partial charge in [-0.3, -0.25) is 4.18 Å². The fourth-order valence-corrected chi connectivity index (χ4v) is 2.59. The van der Waals surface area contributed by atoms with Crippen LogP contribution in [0, 0.1) is 0 Å². The van der Waals surface area contributed by atoms with Gasteiger partial charge in [0.2, 0.25) is 0 Å². The van der Waals surface area contributed by atoms with Crippen molar-refractivity contribution < 1.29 is 12.6 Å². The lowest BCUT2D eigenvalue weighted by Crippen LogP contribution is -2.40. The van der Waals surface area contributed by atoms with Crippen molar-refractivity contribution >= 4 is 10.1 Å². The Morgan fingerprint density at radius 1 is 1.31 bits per heavy atom. The predicted molar refractivity (Wildman–Crippen MR) is 64.9 cm³/mol. The van der Waals surface area contributed by atoms with Gasteiger partial charge in [0.1, 0.15) is 0 Å². The van der Waals surface area contributed by atoms with Crippen LogP contribution in [0.1, 0.15) is 46.0 Å². The summed E-state index contributed by atoms with van der Waals surface area (Å²) < 4.78 is 27.2. The second kappa shape index (κ2) is 6.57. The molecule has 0 aromatic carbocycles. The Morgan fingerprint density at radius 3 is 2.50 bits per heavy atom. The van der Waals surface area contributed by atoms with Crippen LogP contribution in [0.4, 0.5) is 0 Å². The first-order valence-corrected chi connectivity index (χ1v) is 7.74. The summed E-state index contributed by atoms with van der Waals surface area (Å²) in [5.74, 6) is 0.0448. The van der Waals surface area contributed by atoms with Crippen molar-refractivity contribution in [2.24, 2.45) is 0 Å². The maximum atomic E-state index is 11.1. The molecule has 0 spiro atoms. The molecule has 0 amide bonds. The summed E-state index contributed by atoms with van der Waals surface area (Å²) in [5, 5.41) is 3.43. The minimum absolute atomic E-state index is 0.0448. The molecule has 1 rings (SSSR count). The summed E-state index contributed by atoms with van der Waals surface area (Å²) in [4.78, 5) is 0. The SMILES string of the molecule is CCS(=O)(=O)OCC(C)NC1CCCCC1. The van der Waals surface area contributed by atoms with E-state index in [-0.39, 0.29) is 18.4 Å². The Kier molecular flexibility index (Phi) is 5.72. The van der Waals surface area contributed by atoms with Gasteiger partial charge in [-0.25, -0.2) is 0 Å². The van der Waals surface area contributed by atoms with Crippen LogP contribution in [0.2, 0.25) is 0 Å². The van der Waals surface area contributed by atoms with Crippen LogP contribution in [0.25, 0.3) is 0 Å². The van der Waals surface area contributed by atoms with Gasteiger partial charge in [-0.2, -0.15) is 8.42 Å². The quantitative estimate of drug-likeness (QED) is 0.727. The highest BCUT2D eigenvalue weighted by Gasteiger charge is 2.17. The Balaban J connectivity index is 2.22. The molecule has 4 nitrogen and oxygen atoms in total. The predicted octanol–water partition coefficient (Wildman–Crippen LogP) is 1.66. The topological polar surface area (TPSA) is 55.4 Å². The van der Waals surface area contributed by atoms with Crippen LogP contribution in [0.15, 0.2) is 0 Å². The summed E-state index contributed by atoms with van der Waals surface area (Å²) in [6.07, 6.45) is 6.28. The highest BCUT2D eigenvalue weighted by molar-refractivity contribution is 7.86. The monoisotopic (exact) mass is 249 g/mol. The summed E-state index contributed by atoms with van der Waals surface area (Å²) >= 11 is 0. The third-order valence-corrected chi connectivity index (χ3v) is 4.18. The Morgan fingerprint density at radius 2 is 1.94 bits per heavy atom. The van der Waals surface area contributed by atoms with Gasteiger partial charge in [-0.05, 0) is 26.7 Å². The molecule has 96 valence electrons. The van der Waals surface area contributed by atoms with Gasteiger partial charge in [0, 0.05) is 12.1 Å². The van der Waals surface area contributed by atoms with Crippen molar-refractivity contribution in [3.05, 3.63) is 0 Å². The van der Waals surface area contributed by atoms with Crippen LogP contribution in [0.5, 0.6) is 0 Å². The molecule has 0 bridgehead atoms. The standard InChI is InChI=1S/C11H23NO3S/c1-3-16(13,14)15-9-10(2)12-11-7-5-4-6-8-11/h10-12H,3-9H2,1-2H3. The molecule has 0 aromatic heterocycles. The van der Waals surface area contributed by atoms with E-state index in [1.54, 1.807) is 6.92 Å². The lowest BCUT2D eigenvalue weighted by Gasteiger charge is -2.26. The van der Waals surface area contributed by atoms with Gasteiger partial charge in [0.25, 0.3) is 10.1 Å².